The summed E-state index contributed by atoms with van der Waals surface area (Å²) in [5.74, 6) is -0.865. The summed E-state index contributed by atoms with van der Waals surface area (Å²) in [7, 11) is 3.98. The molecule has 4 heteroatoms. The van der Waals surface area contributed by atoms with E-state index in [1.54, 1.807) is 0 Å². The average molecular weight is 186 g/mol. The molecule has 0 aliphatic heterocycles. The molecule has 1 aliphatic carbocycles. The third-order valence-electron chi connectivity index (χ3n) is 2.87. The first-order chi connectivity index (χ1) is 5.98. The Hall–Kier alpha value is -0.610. The Morgan fingerprint density at radius 1 is 1.62 bits per heavy atom. The fraction of sp³-hybridized carbons (Fsp3) is 0.889. The van der Waals surface area contributed by atoms with Crippen molar-refractivity contribution in [1.29, 1.82) is 0 Å². The number of carbonyl (C=O) groups is 1. The minimum absolute atomic E-state index is 0.101. The van der Waals surface area contributed by atoms with Gasteiger partial charge in [0.15, 0.2) is 0 Å². The molecule has 0 radical (unpaired) electrons. The van der Waals surface area contributed by atoms with Crippen LogP contribution in [0.25, 0.3) is 0 Å². The molecule has 3 N–H and O–H groups in total. The summed E-state index contributed by atoms with van der Waals surface area (Å²) in [6, 6.07) is -0.674. The van der Waals surface area contributed by atoms with E-state index in [-0.39, 0.29) is 5.41 Å². The Labute approximate surface area is 78.7 Å². The number of hydrogen-bond acceptors (Lipinski definition) is 3. The first-order valence-electron chi connectivity index (χ1n) is 4.61. The largest absolute Gasteiger partial charge is 0.480 e. The van der Waals surface area contributed by atoms with Crippen molar-refractivity contribution in [3.63, 3.8) is 0 Å². The molecular weight excluding hydrogens is 168 g/mol. The smallest absolute Gasteiger partial charge is 0.321 e. The maximum Gasteiger partial charge on any atom is 0.321 e. The molecule has 0 amide bonds. The summed E-state index contributed by atoms with van der Waals surface area (Å²) in [6.07, 6.45) is 2.83. The van der Waals surface area contributed by atoms with Crippen molar-refractivity contribution in [2.24, 2.45) is 11.1 Å². The molecule has 0 aromatic heterocycles. The van der Waals surface area contributed by atoms with Crippen LogP contribution < -0.4 is 5.73 Å². The molecule has 0 aromatic rings. The highest BCUT2D eigenvalue weighted by Crippen LogP contribution is 2.51. The zero-order chi connectivity index (χ0) is 10.1. The molecule has 1 fully saturated rings. The fourth-order valence-corrected chi connectivity index (χ4v) is 1.59. The van der Waals surface area contributed by atoms with Gasteiger partial charge in [-0.15, -0.1) is 0 Å². The SMILES string of the molecule is CN(C)CCC1(C(N)C(=O)O)CC1. The highest BCUT2D eigenvalue weighted by Gasteiger charge is 2.50. The Morgan fingerprint density at radius 3 is 2.46 bits per heavy atom. The maximum absolute atomic E-state index is 10.7. The van der Waals surface area contributed by atoms with Gasteiger partial charge in [0.1, 0.15) is 6.04 Å². The molecule has 1 aliphatic rings. The molecule has 13 heavy (non-hydrogen) atoms. The topological polar surface area (TPSA) is 66.6 Å². The quantitative estimate of drug-likeness (QED) is 0.640. The van der Waals surface area contributed by atoms with E-state index in [2.05, 4.69) is 4.90 Å². The average Bonchev–Trinajstić information content (AvgIpc) is 2.80. The minimum Gasteiger partial charge on any atom is -0.480 e. The van der Waals surface area contributed by atoms with Crippen molar-refractivity contribution in [3.8, 4) is 0 Å². The Kier molecular flexibility index (Phi) is 2.93. The fourth-order valence-electron chi connectivity index (χ4n) is 1.59. The van der Waals surface area contributed by atoms with Crippen LogP contribution in [-0.4, -0.2) is 42.7 Å². The van der Waals surface area contributed by atoms with E-state index in [1.807, 2.05) is 14.1 Å². The summed E-state index contributed by atoms with van der Waals surface area (Å²) in [5.41, 5.74) is 5.52. The molecule has 1 atom stereocenters. The van der Waals surface area contributed by atoms with Crippen LogP contribution in [0.4, 0.5) is 0 Å². The molecule has 0 saturated heterocycles. The third kappa shape index (κ3) is 2.42. The van der Waals surface area contributed by atoms with Gasteiger partial charge in [-0.25, -0.2) is 0 Å². The van der Waals surface area contributed by atoms with Gasteiger partial charge in [-0.1, -0.05) is 0 Å². The van der Waals surface area contributed by atoms with Crippen molar-refractivity contribution in [2.45, 2.75) is 25.3 Å². The monoisotopic (exact) mass is 186 g/mol. The van der Waals surface area contributed by atoms with Gasteiger partial charge >= 0.3 is 5.97 Å². The highest BCUT2D eigenvalue weighted by molar-refractivity contribution is 5.75. The number of rotatable bonds is 5. The summed E-state index contributed by atoms with van der Waals surface area (Å²) in [5, 5.41) is 8.78. The molecular formula is C9H18N2O2. The van der Waals surface area contributed by atoms with E-state index in [4.69, 9.17) is 10.8 Å². The number of carboxylic acid groups (broad SMARTS) is 1. The Morgan fingerprint density at radius 2 is 2.15 bits per heavy atom. The molecule has 76 valence electrons. The second-order valence-corrected chi connectivity index (χ2v) is 4.23. The first-order valence-corrected chi connectivity index (χ1v) is 4.61. The van der Waals surface area contributed by atoms with Gasteiger partial charge in [0.25, 0.3) is 0 Å². The van der Waals surface area contributed by atoms with Crippen LogP contribution >= 0.6 is 0 Å². The number of aliphatic carboxylic acids is 1. The minimum atomic E-state index is -0.865. The lowest BCUT2D eigenvalue weighted by Gasteiger charge is -2.21. The number of hydrogen-bond donors (Lipinski definition) is 2. The molecule has 1 saturated carbocycles. The zero-order valence-electron chi connectivity index (χ0n) is 8.29. The molecule has 4 nitrogen and oxygen atoms in total. The van der Waals surface area contributed by atoms with Crippen LogP contribution in [0.2, 0.25) is 0 Å². The second-order valence-electron chi connectivity index (χ2n) is 4.23. The standard InChI is InChI=1S/C9H18N2O2/c1-11(2)6-5-9(3-4-9)7(10)8(12)13/h7H,3-6,10H2,1-2H3,(H,12,13). The van der Waals surface area contributed by atoms with Crippen LogP contribution in [0.5, 0.6) is 0 Å². The Bertz CT molecular complexity index is 200. The lowest BCUT2D eigenvalue weighted by molar-refractivity contribution is -0.140. The highest BCUT2D eigenvalue weighted by atomic mass is 16.4. The number of nitrogens with zero attached hydrogens (tertiary/aromatic N) is 1. The van der Waals surface area contributed by atoms with Gasteiger partial charge in [0.05, 0.1) is 0 Å². The molecule has 0 aromatic carbocycles. The van der Waals surface area contributed by atoms with E-state index >= 15 is 0 Å². The van der Waals surface area contributed by atoms with Gasteiger partial charge in [-0.05, 0) is 45.3 Å². The van der Waals surface area contributed by atoms with Crippen LogP contribution in [0.15, 0.2) is 0 Å². The van der Waals surface area contributed by atoms with Crippen molar-refractivity contribution in [1.82, 2.24) is 4.90 Å². The maximum atomic E-state index is 10.7. The lowest BCUT2D eigenvalue weighted by Crippen LogP contribution is -2.40. The number of carboxylic acids is 1. The first kappa shape index (κ1) is 10.5. The van der Waals surface area contributed by atoms with Gasteiger partial charge in [-0.2, -0.15) is 0 Å². The van der Waals surface area contributed by atoms with Gasteiger partial charge in [0, 0.05) is 0 Å². The zero-order valence-corrected chi connectivity index (χ0v) is 8.29. The summed E-state index contributed by atoms with van der Waals surface area (Å²) >= 11 is 0. The van der Waals surface area contributed by atoms with Gasteiger partial charge in [0.2, 0.25) is 0 Å². The van der Waals surface area contributed by atoms with Crippen LogP contribution in [-0.2, 0) is 4.79 Å². The van der Waals surface area contributed by atoms with E-state index in [0.29, 0.717) is 0 Å². The summed E-state index contributed by atoms with van der Waals surface area (Å²) < 4.78 is 0. The lowest BCUT2D eigenvalue weighted by atomic mass is 9.93. The second kappa shape index (κ2) is 3.64. The summed E-state index contributed by atoms with van der Waals surface area (Å²) in [6.45, 7) is 0.918. The van der Waals surface area contributed by atoms with Gasteiger partial charge in [-0.3, -0.25) is 4.79 Å². The van der Waals surface area contributed by atoms with Crippen LogP contribution in [0.3, 0.4) is 0 Å². The molecule has 0 heterocycles. The van der Waals surface area contributed by atoms with Crippen LogP contribution in [0, 0.1) is 5.41 Å². The predicted molar refractivity (Wildman–Crippen MR) is 50.4 cm³/mol. The molecule has 1 rings (SSSR count). The molecule has 0 bridgehead atoms. The number of nitrogens with two attached hydrogens (primary N) is 1. The van der Waals surface area contributed by atoms with E-state index in [9.17, 15) is 4.79 Å². The van der Waals surface area contributed by atoms with Crippen molar-refractivity contribution >= 4 is 5.97 Å². The van der Waals surface area contributed by atoms with Crippen molar-refractivity contribution in [3.05, 3.63) is 0 Å². The normalized spacial score (nSPS) is 21.5. The third-order valence-corrected chi connectivity index (χ3v) is 2.87. The van der Waals surface area contributed by atoms with E-state index in [1.165, 1.54) is 0 Å². The van der Waals surface area contributed by atoms with E-state index in [0.717, 1.165) is 25.8 Å². The molecule has 0 spiro atoms. The van der Waals surface area contributed by atoms with Crippen molar-refractivity contribution in [2.75, 3.05) is 20.6 Å². The van der Waals surface area contributed by atoms with E-state index < -0.39 is 12.0 Å². The Balaban J connectivity index is 2.42. The molecule has 1 unspecified atom stereocenters. The summed E-state index contributed by atoms with van der Waals surface area (Å²) in [4.78, 5) is 12.8. The predicted octanol–water partition coefficient (Wildman–Crippen LogP) is 0.130. The van der Waals surface area contributed by atoms with Crippen molar-refractivity contribution < 1.29 is 9.90 Å². The van der Waals surface area contributed by atoms with Crippen LogP contribution in [0.1, 0.15) is 19.3 Å². The van der Waals surface area contributed by atoms with Gasteiger partial charge < -0.3 is 15.7 Å².